The normalized spacial score (nSPS) is 14.6. The zero-order valence-electron chi connectivity index (χ0n) is 25.6. The van der Waals surface area contributed by atoms with Crippen LogP contribution in [-0.2, 0) is 22.5 Å². The molecule has 7 heteroatoms. The SMILES string of the molecule is COCCCOc1cc(C[C@@H](C[C@H](N)[C@@H](O)C[C@H](C(=O)NCc2ccccc2C)C(C)C)C(C)C)ccc1OC. The van der Waals surface area contributed by atoms with E-state index in [-0.39, 0.29) is 23.7 Å². The molecule has 0 fully saturated rings. The molecule has 0 radical (unpaired) electrons. The van der Waals surface area contributed by atoms with E-state index >= 15 is 0 Å². The molecule has 1 amide bonds. The van der Waals surface area contributed by atoms with Gasteiger partial charge >= 0.3 is 0 Å². The molecule has 0 aliphatic carbocycles. The van der Waals surface area contributed by atoms with Crippen molar-refractivity contribution < 1.29 is 24.1 Å². The number of nitrogens with two attached hydrogens (primary N) is 1. The number of carbonyl (C=O) groups excluding carboxylic acids is 1. The van der Waals surface area contributed by atoms with Gasteiger partial charge in [0.1, 0.15) is 0 Å². The zero-order valence-corrected chi connectivity index (χ0v) is 25.6. The third-order valence-electron chi connectivity index (χ3n) is 7.84. The van der Waals surface area contributed by atoms with Gasteiger partial charge in [-0.2, -0.15) is 0 Å². The highest BCUT2D eigenvalue weighted by molar-refractivity contribution is 5.79. The minimum Gasteiger partial charge on any atom is -0.493 e. The van der Waals surface area contributed by atoms with Crippen molar-refractivity contribution in [2.24, 2.45) is 29.4 Å². The van der Waals surface area contributed by atoms with Crippen molar-refractivity contribution >= 4 is 5.91 Å². The van der Waals surface area contributed by atoms with E-state index < -0.39 is 12.1 Å². The molecule has 4 N–H and O–H groups in total. The van der Waals surface area contributed by atoms with Gasteiger partial charge in [-0.05, 0) is 72.8 Å². The summed E-state index contributed by atoms with van der Waals surface area (Å²) in [5, 5.41) is 14.2. The number of hydrogen-bond acceptors (Lipinski definition) is 6. The average molecular weight is 557 g/mol. The lowest BCUT2D eigenvalue weighted by Gasteiger charge is -2.30. The first-order valence-electron chi connectivity index (χ1n) is 14.6. The van der Waals surface area contributed by atoms with E-state index in [1.807, 2.05) is 57.2 Å². The predicted molar refractivity (Wildman–Crippen MR) is 162 cm³/mol. The highest BCUT2D eigenvalue weighted by Gasteiger charge is 2.30. The van der Waals surface area contributed by atoms with Gasteiger partial charge in [0.15, 0.2) is 11.5 Å². The van der Waals surface area contributed by atoms with Gasteiger partial charge in [0, 0.05) is 38.6 Å². The van der Waals surface area contributed by atoms with E-state index in [9.17, 15) is 9.90 Å². The zero-order chi connectivity index (χ0) is 29.7. The second-order valence-corrected chi connectivity index (χ2v) is 11.6. The molecule has 7 nitrogen and oxygen atoms in total. The van der Waals surface area contributed by atoms with Crippen LogP contribution in [0, 0.1) is 30.6 Å². The number of aliphatic hydroxyl groups is 1. The maximum absolute atomic E-state index is 13.1. The van der Waals surface area contributed by atoms with Crippen LogP contribution in [0.25, 0.3) is 0 Å². The van der Waals surface area contributed by atoms with Gasteiger partial charge < -0.3 is 30.4 Å². The molecule has 0 saturated heterocycles. The molecule has 0 aromatic heterocycles. The molecule has 2 aromatic rings. The number of amides is 1. The molecular weight excluding hydrogens is 504 g/mol. The van der Waals surface area contributed by atoms with Crippen LogP contribution in [0.4, 0.5) is 0 Å². The fourth-order valence-corrected chi connectivity index (χ4v) is 4.99. The summed E-state index contributed by atoms with van der Waals surface area (Å²) in [4.78, 5) is 13.1. The molecule has 0 aliphatic rings. The van der Waals surface area contributed by atoms with Crippen LogP contribution in [0.2, 0.25) is 0 Å². The number of methoxy groups -OCH3 is 2. The Labute approximate surface area is 241 Å². The lowest BCUT2D eigenvalue weighted by molar-refractivity contribution is -0.127. The first kappa shape index (κ1) is 33.6. The van der Waals surface area contributed by atoms with Crippen LogP contribution in [0.1, 0.15) is 63.6 Å². The van der Waals surface area contributed by atoms with Crippen molar-refractivity contribution in [2.75, 3.05) is 27.4 Å². The first-order chi connectivity index (χ1) is 19.1. The molecule has 0 heterocycles. The Morgan fingerprint density at radius 3 is 2.33 bits per heavy atom. The Kier molecular flexibility index (Phi) is 14.5. The molecule has 0 unspecified atom stereocenters. The molecule has 0 saturated carbocycles. The van der Waals surface area contributed by atoms with Crippen molar-refractivity contribution in [3.63, 3.8) is 0 Å². The monoisotopic (exact) mass is 556 g/mol. The number of aryl methyl sites for hydroxylation is 1. The highest BCUT2D eigenvalue weighted by atomic mass is 16.5. The standard InChI is InChI=1S/C33H52N2O5/c1-22(2)27(17-25-13-14-31(39-7)32(18-25)40-16-10-15-38-6)19-29(34)30(36)20-28(23(3)4)33(37)35-21-26-12-9-8-11-24(26)5/h8-9,11-14,18,22-23,27-30,36H,10,15-17,19-21,34H2,1-7H3,(H,35,37)/t27-,28-,29-,30-/m0/s1. The molecular formula is C33H52N2O5. The topological polar surface area (TPSA) is 103 Å². The van der Waals surface area contributed by atoms with E-state index in [2.05, 4.69) is 25.2 Å². The number of rotatable bonds is 18. The number of aliphatic hydroxyl groups excluding tert-OH is 1. The van der Waals surface area contributed by atoms with Crippen LogP contribution < -0.4 is 20.5 Å². The minimum absolute atomic E-state index is 0.0406. The molecule has 40 heavy (non-hydrogen) atoms. The van der Waals surface area contributed by atoms with E-state index in [1.54, 1.807) is 14.2 Å². The summed E-state index contributed by atoms with van der Waals surface area (Å²) in [5.41, 5.74) is 9.95. The number of ether oxygens (including phenoxy) is 3. The lowest BCUT2D eigenvalue weighted by atomic mass is 9.81. The Balaban J connectivity index is 2.01. The summed E-state index contributed by atoms with van der Waals surface area (Å²) in [6.07, 6.45) is 1.83. The molecule has 2 aromatic carbocycles. The smallest absolute Gasteiger partial charge is 0.223 e. The van der Waals surface area contributed by atoms with Crippen molar-refractivity contribution in [1.82, 2.24) is 5.32 Å². The lowest BCUT2D eigenvalue weighted by Crippen LogP contribution is -2.42. The highest BCUT2D eigenvalue weighted by Crippen LogP contribution is 2.32. The molecule has 0 bridgehead atoms. The van der Waals surface area contributed by atoms with Gasteiger partial charge in [-0.1, -0.05) is 58.0 Å². The van der Waals surface area contributed by atoms with Crippen LogP contribution in [0.3, 0.4) is 0 Å². The van der Waals surface area contributed by atoms with Gasteiger partial charge in [-0.15, -0.1) is 0 Å². The molecule has 0 aliphatic heterocycles. The summed E-state index contributed by atoms with van der Waals surface area (Å²) < 4.78 is 16.6. The third-order valence-corrected chi connectivity index (χ3v) is 7.84. The number of nitrogens with one attached hydrogen (secondary N) is 1. The van der Waals surface area contributed by atoms with E-state index in [1.165, 1.54) is 0 Å². The second kappa shape index (κ2) is 17.3. The Morgan fingerprint density at radius 1 is 0.975 bits per heavy atom. The van der Waals surface area contributed by atoms with Crippen molar-refractivity contribution in [3.8, 4) is 11.5 Å². The molecule has 224 valence electrons. The fourth-order valence-electron chi connectivity index (χ4n) is 4.99. The quantitative estimate of drug-likeness (QED) is 0.216. The molecule has 4 atom stereocenters. The summed E-state index contributed by atoms with van der Waals surface area (Å²) in [7, 11) is 3.32. The Hall–Kier alpha value is -2.61. The second-order valence-electron chi connectivity index (χ2n) is 11.6. The van der Waals surface area contributed by atoms with Gasteiger partial charge in [-0.25, -0.2) is 0 Å². The molecule has 0 spiro atoms. The van der Waals surface area contributed by atoms with Crippen molar-refractivity contribution in [2.45, 2.75) is 79.0 Å². The summed E-state index contributed by atoms with van der Waals surface area (Å²) in [6.45, 7) is 12.1. The molecule has 2 rings (SSSR count). The third kappa shape index (κ3) is 10.8. The van der Waals surface area contributed by atoms with E-state index in [0.717, 1.165) is 35.3 Å². The Bertz CT molecular complexity index is 1030. The largest absolute Gasteiger partial charge is 0.493 e. The van der Waals surface area contributed by atoms with Gasteiger partial charge in [0.2, 0.25) is 5.91 Å². The minimum atomic E-state index is -0.770. The number of benzene rings is 2. The van der Waals surface area contributed by atoms with E-state index in [0.29, 0.717) is 44.3 Å². The summed E-state index contributed by atoms with van der Waals surface area (Å²) in [6, 6.07) is 13.6. The van der Waals surface area contributed by atoms with Crippen LogP contribution in [0.5, 0.6) is 11.5 Å². The summed E-state index contributed by atoms with van der Waals surface area (Å²) in [5.74, 6) is 1.77. The van der Waals surface area contributed by atoms with Gasteiger partial charge in [0.25, 0.3) is 0 Å². The maximum Gasteiger partial charge on any atom is 0.223 e. The fraction of sp³-hybridized carbons (Fsp3) is 0.606. The maximum atomic E-state index is 13.1. The van der Waals surface area contributed by atoms with Crippen LogP contribution in [-0.4, -0.2) is 50.6 Å². The van der Waals surface area contributed by atoms with Crippen LogP contribution >= 0.6 is 0 Å². The van der Waals surface area contributed by atoms with Crippen molar-refractivity contribution in [1.29, 1.82) is 0 Å². The number of carbonyl (C=O) groups is 1. The van der Waals surface area contributed by atoms with Crippen molar-refractivity contribution in [3.05, 3.63) is 59.2 Å². The number of hydrogen-bond donors (Lipinski definition) is 3. The van der Waals surface area contributed by atoms with E-state index in [4.69, 9.17) is 19.9 Å². The first-order valence-corrected chi connectivity index (χ1v) is 14.6. The van der Waals surface area contributed by atoms with Gasteiger partial charge in [0.05, 0.1) is 19.8 Å². The van der Waals surface area contributed by atoms with Crippen LogP contribution in [0.15, 0.2) is 42.5 Å². The average Bonchev–Trinajstić information content (AvgIpc) is 2.92. The Morgan fingerprint density at radius 2 is 1.70 bits per heavy atom. The van der Waals surface area contributed by atoms with Gasteiger partial charge in [-0.3, -0.25) is 4.79 Å². The summed E-state index contributed by atoms with van der Waals surface area (Å²) >= 11 is 0. The predicted octanol–water partition coefficient (Wildman–Crippen LogP) is 5.29.